The maximum absolute atomic E-state index is 4.13. The first-order valence-corrected chi connectivity index (χ1v) is 7.20. The third-order valence-corrected chi connectivity index (χ3v) is 4.47. The molecular formula is C14H23N3. The number of likely N-dealkylation sites (tertiary alicyclic amines) is 1. The highest BCUT2D eigenvalue weighted by molar-refractivity contribution is 5.07. The average molecular weight is 233 g/mol. The third kappa shape index (κ3) is 2.39. The molecule has 17 heavy (non-hydrogen) atoms. The summed E-state index contributed by atoms with van der Waals surface area (Å²) in [5.41, 5.74) is 1.33. The number of piperidine rings is 1. The van der Waals surface area contributed by atoms with Gasteiger partial charge in [0.2, 0.25) is 0 Å². The zero-order chi connectivity index (χ0) is 11.5. The lowest BCUT2D eigenvalue weighted by Gasteiger charge is -2.42. The number of rotatable bonds is 2. The number of H-pyrrole nitrogens is 1. The lowest BCUT2D eigenvalue weighted by molar-refractivity contribution is 0.0700. The predicted molar refractivity (Wildman–Crippen MR) is 68.8 cm³/mol. The number of aromatic amines is 1. The molecule has 3 rings (SSSR count). The second-order valence-corrected chi connectivity index (χ2v) is 5.55. The standard InChI is InChI=1S/C14H23N3/c1-2-6-12(7-3-1)17-11-5-4-8-14(17)13-9-10-15-16-13/h9-10,12,14H,1-8,11H2,(H,15,16)/t14-/m1/s1. The number of hydrogen-bond acceptors (Lipinski definition) is 2. The van der Waals surface area contributed by atoms with Crippen LogP contribution in [0.2, 0.25) is 0 Å². The van der Waals surface area contributed by atoms with Crippen LogP contribution in [0.1, 0.15) is 63.1 Å². The summed E-state index contributed by atoms with van der Waals surface area (Å²) in [7, 11) is 0. The number of nitrogens with one attached hydrogen (secondary N) is 1. The van der Waals surface area contributed by atoms with Crippen LogP contribution in [0.3, 0.4) is 0 Å². The molecule has 1 saturated carbocycles. The van der Waals surface area contributed by atoms with Crippen molar-refractivity contribution in [2.45, 2.75) is 63.5 Å². The summed E-state index contributed by atoms with van der Waals surface area (Å²) in [4.78, 5) is 2.76. The summed E-state index contributed by atoms with van der Waals surface area (Å²) >= 11 is 0. The van der Waals surface area contributed by atoms with Crippen molar-refractivity contribution in [3.8, 4) is 0 Å². The van der Waals surface area contributed by atoms with Gasteiger partial charge in [-0.15, -0.1) is 0 Å². The quantitative estimate of drug-likeness (QED) is 0.850. The van der Waals surface area contributed by atoms with Crippen molar-refractivity contribution in [2.75, 3.05) is 6.54 Å². The zero-order valence-electron chi connectivity index (χ0n) is 10.6. The largest absolute Gasteiger partial charge is 0.292 e. The van der Waals surface area contributed by atoms with Crippen LogP contribution in [0.4, 0.5) is 0 Å². The second kappa shape index (κ2) is 5.21. The highest BCUT2D eigenvalue weighted by Gasteiger charge is 2.31. The summed E-state index contributed by atoms with van der Waals surface area (Å²) in [6, 6.07) is 3.60. The van der Waals surface area contributed by atoms with Gasteiger partial charge in [0, 0.05) is 12.2 Å². The topological polar surface area (TPSA) is 31.9 Å². The van der Waals surface area contributed by atoms with Crippen molar-refractivity contribution in [3.63, 3.8) is 0 Å². The van der Waals surface area contributed by atoms with Gasteiger partial charge in [-0.2, -0.15) is 5.10 Å². The van der Waals surface area contributed by atoms with Crippen LogP contribution < -0.4 is 0 Å². The monoisotopic (exact) mass is 233 g/mol. The van der Waals surface area contributed by atoms with Crippen LogP contribution in [-0.4, -0.2) is 27.7 Å². The van der Waals surface area contributed by atoms with Crippen molar-refractivity contribution >= 4 is 0 Å². The molecule has 1 N–H and O–H groups in total. The SMILES string of the molecule is c1cc([C@H]2CCCCN2C2CCCCC2)[nH]n1. The van der Waals surface area contributed by atoms with Crippen molar-refractivity contribution in [1.29, 1.82) is 0 Å². The molecule has 3 heteroatoms. The van der Waals surface area contributed by atoms with Gasteiger partial charge in [-0.05, 0) is 38.3 Å². The van der Waals surface area contributed by atoms with Crippen LogP contribution in [-0.2, 0) is 0 Å². The van der Waals surface area contributed by atoms with E-state index < -0.39 is 0 Å². The molecule has 94 valence electrons. The second-order valence-electron chi connectivity index (χ2n) is 5.55. The highest BCUT2D eigenvalue weighted by atomic mass is 15.2. The Morgan fingerprint density at radius 2 is 1.88 bits per heavy atom. The van der Waals surface area contributed by atoms with Crippen molar-refractivity contribution < 1.29 is 0 Å². The van der Waals surface area contributed by atoms with Crippen LogP contribution in [0.15, 0.2) is 12.3 Å². The molecule has 1 aliphatic heterocycles. The summed E-state index contributed by atoms with van der Waals surface area (Å²) in [6.07, 6.45) is 13.1. The van der Waals surface area contributed by atoms with E-state index in [0.29, 0.717) is 6.04 Å². The van der Waals surface area contributed by atoms with Crippen LogP contribution in [0, 0.1) is 0 Å². The van der Waals surface area contributed by atoms with Crippen LogP contribution in [0.25, 0.3) is 0 Å². The Morgan fingerprint density at radius 1 is 1.06 bits per heavy atom. The van der Waals surface area contributed by atoms with Gasteiger partial charge in [0.1, 0.15) is 0 Å². The van der Waals surface area contributed by atoms with Gasteiger partial charge in [0.05, 0.1) is 11.7 Å². The smallest absolute Gasteiger partial charge is 0.0523 e. The van der Waals surface area contributed by atoms with Crippen LogP contribution >= 0.6 is 0 Å². The minimum absolute atomic E-state index is 0.606. The van der Waals surface area contributed by atoms with Gasteiger partial charge in [-0.3, -0.25) is 10.00 Å². The summed E-state index contributed by atoms with van der Waals surface area (Å²) in [6.45, 7) is 1.29. The van der Waals surface area contributed by atoms with E-state index in [1.54, 1.807) is 0 Å². The number of aromatic nitrogens is 2. The molecule has 1 saturated heterocycles. The van der Waals surface area contributed by atoms with Gasteiger partial charge >= 0.3 is 0 Å². The summed E-state index contributed by atoms with van der Waals surface area (Å²) in [5, 5.41) is 7.31. The predicted octanol–water partition coefficient (Wildman–Crippen LogP) is 3.27. The fraction of sp³-hybridized carbons (Fsp3) is 0.786. The van der Waals surface area contributed by atoms with E-state index in [2.05, 4.69) is 21.2 Å². The molecule has 2 heterocycles. The van der Waals surface area contributed by atoms with E-state index in [1.165, 1.54) is 63.6 Å². The van der Waals surface area contributed by atoms with Crippen molar-refractivity contribution in [2.24, 2.45) is 0 Å². The number of nitrogens with zero attached hydrogens (tertiary/aromatic N) is 2. The van der Waals surface area contributed by atoms with Crippen LogP contribution in [0.5, 0.6) is 0 Å². The van der Waals surface area contributed by atoms with Gasteiger partial charge in [0.15, 0.2) is 0 Å². The highest BCUT2D eigenvalue weighted by Crippen LogP contribution is 2.35. The van der Waals surface area contributed by atoms with Crippen molar-refractivity contribution in [1.82, 2.24) is 15.1 Å². The Bertz CT molecular complexity index is 327. The fourth-order valence-electron chi connectivity index (χ4n) is 3.59. The first-order chi connectivity index (χ1) is 8.45. The molecule has 1 aliphatic carbocycles. The van der Waals surface area contributed by atoms with Gasteiger partial charge in [-0.25, -0.2) is 0 Å². The van der Waals surface area contributed by atoms with E-state index in [4.69, 9.17) is 0 Å². The molecule has 0 aromatic carbocycles. The minimum atomic E-state index is 0.606. The first kappa shape index (κ1) is 11.3. The van der Waals surface area contributed by atoms with E-state index >= 15 is 0 Å². The number of hydrogen-bond donors (Lipinski definition) is 1. The molecule has 1 aromatic heterocycles. The molecule has 3 nitrogen and oxygen atoms in total. The fourth-order valence-corrected chi connectivity index (χ4v) is 3.59. The Hall–Kier alpha value is -0.830. The molecule has 0 bridgehead atoms. The Morgan fingerprint density at radius 3 is 2.65 bits per heavy atom. The molecule has 0 amide bonds. The molecule has 0 spiro atoms. The average Bonchev–Trinajstić information content (AvgIpc) is 2.94. The molecule has 1 atom stereocenters. The van der Waals surface area contributed by atoms with Gasteiger partial charge in [-0.1, -0.05) is 25.7 Å². The Kier molecular flexibility index (Phi) is 3.46. The van der Waals surface area contributed by atoms with E-state index in [9.17, 15) is 0 Å². The molecule has 2 aliphatic rings. The maximum Gasteiger partial charge on any atom is 0.0523 e. The van der Waals surface area contributed by atoms with E-state index in [0.717, 1.165) is 6.04 Å². The van der Waals surface area contributed by atoms with E-state index in [1.807, 2.05) is 6.20 Å². The minimum Gasteiger partial charge on any atom is -0.292 e. The first-order valence-electron chi connectivity index (χ1n) is 7.20. The molecule has 0 unspecified atom stereocenters. The van der Waals surface area contributed by atoms with Gasteiger partial charge < -0.3 is 0 Å². The zero-order valence-corrected chi connectivity index (χ0v) is 10.6. The normalized spacial score (nSPS) is 28.4. The summed E-state index contributed by atoms with van der Waals surface area (Å²) in [5.74, 6) is 0. The summed E-state index contributed by atoms with van der Waals surface area (Å²) < 4.78 is 0. The molecule has 0 radical (unpaired) electrons. The Balaban J connectivity index is 1.75. The van der Waals surface area contributed by atoms with Crippen molar-refractivity contribution in [3.05, 3.63) is 18.0 Å². The molecule has 1 aromatic rings. The Labute approximate surface area is 104 Å². The van der Waals surface area contributed by atoms with E-state index in [-0.39, 0.29) is 0 Å². The lowest BCUT2D eigenvalue weighted by atomic mass is 9.89. The molecule has 2 fully saturated rings. The maximum atomic E-state index is 4.13. The third-order valence-electron chi connectivity index (χ3n) is 4.47. The lowest BCUT2D eigenvalue weighted by Crippen LogP contribution is -2.42. The molecular weight excluding hydrogens is 210 g/mol. The van der Waals surface area contributed by atoms with Gasteiger partial charge in [0.25, 0.3) is 0 Å².